The Hall–Kier alpha value is -1.20. The molecular formula is C13H19NO3S. The third-order valence-electron chi connectivity index (χ3n) is 2.40. The molecule has 1 amide bonds. The van der Waals surface area contributed by atoms with Crippen molar-refractivity contribution in [2.45, 2.75) is 30.4 Å². The van der Waals surface area contributed by atoms with Crippen LogP contribution in [0.3, 0.4) is 0 Å². The molecule has 1 unspecified atom stereocenters. The van der Waals surface area contributed by atoms with Crippen LogP contribution in [-0.4, -0.2) is 33.6 Å². The maximum atomic E-state index is 11.8. The van der Waals surface area contributed by atoms with Gasteiger partial charge in [0.15, 0.2) is 0 Å². The summed E-state index contributed by atoms with van der Waals surface area (Å²) in [5.41, 5.74) is 0.539. The van der Waals surface area contributed by atoms with Gasteiger partial charge in [-0.1, -0.05) is 13.8 Å². The SMILES string of the molecule is CC(C)S(=O)c1ccc(C(=O)NCCCO)cc1. The Morgan fingerprint density at radius 2 is 1.94 bits per heavy atom. The summed E-state index contributed by atoms with van der Waals surface area (Å²) in [6.07, 6.45) is 0.543. The summed E-state index contributed by atoms with van der Waals surface area (Å²) in [6.45, 7) is 4.30. The number of carbonyl (C=O) groups is 1. The lowest BCUT2D eigenvalue weighted by Gasteiger charge is -2.07. The van der Waals surface area contributed by atoms with Gasteiger partial charge in [-0.2, -0.15) is 0 Å². The fraction of sp³-hybridized carbons (Fsp3) is 0.462. The van der Waals surface area contributed by atoms with Crippen molar-refractivity contribution in [3.63, 3.8) is 0 Å². The Labute approximate surface area is 110 Å². The first kappa shape index (κ1) is 14.9. The molecule has 0 saturated carbocycles. The molecule has 4 nitrogen and oxygen atoms in total. The van der Waals surface area contributed by atoms with E-state index in [0.29, 0.717) is 18.5 Å². The number of benzene rings is 1. The summed E-state index contributed by atoms with van der Waals surface area (Å²) in [4.78, 5) is 12.4. The van der Waals surface area contributed by atoms with Gasteiger partial charge >= 0.3 is 0 Å². The third-order valence-corrected chi connectivity index (χ3v) is 3.99. The second-order valence-electron chi connectivity index (χ2n) is 4.20. The fourth-order valence-electron chi connectivity index (χ4n) is 1.40. The lowest BCUT2D eigenvalue weighted by molar-refractivity contribution is 0.0951. The van der Waals surface area contributed by atoms with Crippen LogP contribution in [0.5, 0.6) is 0 Å². The van der Waals surface area contributed by atoms with Gasteiger partial charge in [0.05, 0.1) is 10.8 Å². The highest BCUT2D eigenvalue weighted by molar-refractivity contribution is 7.85. The molecule has 1 atom stereocenters. The molecule has 0 fully saturated rings. The van der Waals surface area contributed by atoms with Crippen molar-refractivity contribution in [3.8, 4) is 0 Å². The van der Waals surface area contributed by atoms with Crippen LogP contribution in [0.25, 0.3) is 0 Å². The minimum atomic E-state index is -1.03. The molecule has 0 radical (unpaired) electrons. The molecule has 0 aliphatic carbocycles. The van der Waals surface area contributed by atoms with E-state index in [1.807, 2.05) is 13.8 Å². The zero-order valence-electron chi connectivity index (χ0n) is 10.7. The summed E-state index contributed by atoms with van der Waals surface area (Å²) >= 11 is 0. The normalized spacial score (nSPS) is 12.4. The van der Waals surface area contributed by atoms with Gasteiger partial charge in [-0.25, -0.2) is 0 Å². The third kappa shape index (κ3) is 4.23. The number of aliphatic hydroxyl groups excluding tert-OH is 1. The van der Waals surface area contributed by atoms with Crippen molar-refractivity contribution in [1.29, 1.82) is 0 Å². The van der Waals surface area contributed by atoms with Crippen LogP contribution in [0.4, 0.5) is 0 Å². The number of hydrogen-bond acceptors (Lipinski definition) is 3. The maximum absolute atomic E-state index is 11.8. The first-order chi connectivity index (χ1) is 8.56. The molecule has 0 saturated heterocycles. The average Bonchev–Trinajstić information content (AvgIpc) is 2.38. The van der Waals surface area contributed by atoms with Crippen molar-refractivity contribution in [3.05, 3.63) is 29.8 Å². The van der Waals surface area contributed by atoms with Gasteiger partial charge in [0.25, 0.3) is 5.91 Å². The summed E-state index contributed by atoms with van der Waals surface area (Å²) in [5.74, 6) is -0.176. The first-order valence-corrected chi connectivity index (χ1v) is 7.17. The van der Waals surface area contributed by atoms with E-state index in [2.05, 4.69) is 5.32 Å². The van der Waals surface area contributed by atoms with Gasteiger partial charge in [0.2, 0.25) is 0 Å². The fourth-order valence-corrected chi connectivity index (χ4v) is 2.34. The zero-order chi connectivity index (χ0) is 13.5. The van der Waals surface area contributed by atoms with Crippen molar-refractivity contribution < 1.29 is 14.1 Å². The summed E-state index contributed by atoms with van der Waals surface area (Å²) in [5, 5.41) is 11.4. The predicted octanol–water partition coefficient (Wildman–Crippen LogP) is 1.31. The van der Waals surface area contributed by atoms with Gasteiger partial charge in [0.1, 0.15) is 0 Å². The van der Waals surface area contributed by atoms with Crippen molar-refractivity contribution >= 4 is 16.7 Å². The molecule has 0 spiro atoms. The van der Waals surface area contributed by atoms with Gasteiger partial charge in [-0.3, -0.25) is 9.00 Å². The molecule has 5 heteroatoms. The molecule has 0 aliphatic heterocycles. The number of rotatable bonds is 6. The molecular weight excluding hydrogens is 250 g/mol. The standard InChI is InChI=1S/C13H19NO3S/c1-10(2)18(17)12-6-4-11(5-7-12)13(16)14-8-3-9-15/h4-7,10,15H,3,8-9H2,1-2H3,(H,14,16). The second kappa shape index (κ2) is 7.28. The molecule has 100 valence electrons. The number of carbonyl (C=O) groups excluding carboxylic acids is 1. The van der Waals surface area contributed by atoms with E-state index in [1.54, 1.807) is 24.3 Å². The molecule has 0 heterocycles. The number of amides is 1. The van der Waals surface area contributed by atoms with Crippen LogP contribution < -0.4 is 5.32 Å². The highest BCUT2D eigenvalue weighted by atomic mass is 32.2. The van der Waals surface area contributed by atoms with Gasteiger partial charge in [-0.05, 0) is 30.7 Å². The van der Waals surface area contributed by atoms with E-state index in [1.165, 1.54) is 0 Å². The molecule has 1 aromatic carbocycles. The highest BCUT2D eigenvalue weighted by Crippen LogP contribution is 2.12. The highest BCUT2D eigenvalue weighted by Gasteiger charge is 2.10. The van der Waals surface area contributed by atoms with Crippen LogP contribution in [-0.2, 0) is 10.8 Å². The number of nitrogens with one attached hydrogen (secondary N) is 1. The summed E-state index contributed by atoms with van der Waals surface area (Å²) < 4.78 is 11.8. The molecule has 1 aromatic rings. The zero-order valence-corrected chi connectivity index (χ0v) is 11.5. The quantitative estimate of drug-likeness (QED) is 0.765. The summed E-state index contributed by atoms with van der Waals surface area (Å²) in [6, 6.07) is 6.78. The van der Waals surface area contributed by atoms with Crippen molar-refractivity contribution in [2.24, 2.45) is 0 Å². The van der Waals surface area contributed by atoms with Gasteiger partial charge < -0.3 is 10.4 Å². The van der Waals surface area contributed by atoms with Gasteiger partial charge in [0, 0.05) is 28.9 Å². The number of aliphatic hydroxyl groups is 1. The van der Waals surface area contributed by atoms with Crippen LogP contribution >= 0.6 is 0 Å². The lowest BCUT2D eigenvalue weighted by atomic mass is 10.2. The Balaban J connectivity index is 2.65. The van der Waals surface area contributed by atoms with Crippen LogP contribution in [0.2, 0.25) is 0 Å². The average molecular weight is 269 g/mol. The number of hydrogen-bond donors (Lipinski definition) is 2. The molecule has 0 aromatic heterocycles. The van der Waals surface area contributed by atoms with E-state index in [4.69, 9.17) is 5.11 Å². The van der Waals surface area contributed by atoms with E-state index in [9.17, 15) is 9.00 Å². The topological polar surface area (TPSA) is 66.4 Å². The molecule has 0 bridgehead atoms. The minimum Gasteiger partial charge on any atom is -0.396 e. The second-order valence-corrected chi connectivity index (χ2v) is 6.21. The summed E-state index contributed by atoms with van der Waals surface area (Å²) in [7, 11) is -1.03. The molecule has 0 aliphatic rings. The predicted molar refractivity (Wildman–Crippen MR) is 72.0 cm³/mol. The monoisotopic (exact) mass is 269 g/mol. The largest absolute Gasteiger partial charge is 0.396 e. The van der Waals surface area contributed by atoms with E-state index < -0.39 is 10.8 Å². The maximum Gasteiger partial charge on any atom is 0.251 e. The first-order valence-electron chi connectivity index (χ1n) is 5.96. The van der Waals surface area contributed by atoms with E-state index in [0.717, 1.165) is 4.90 Å². The Bertz CT molecular complexity index is 415. The van der Waals surface area contributed by atoms with Crippen LogP contribution in [0, 0.1) is 0 Å². The van der Waals surface area contributed by atoms with Crippen LogP contribution in [0.1, 0.15) is 30.6 Å². The minimum absolute atomic E-state index is 0.0621. The smallest absolute Gasteiger partial charge is 0.251 e. The van der Waals surface area contributed by atoms with E-state index in [-0.39, 0.29) is 17.8 Å². The van der Waals surface area contributed by atoms with E-state index >= 15 is 0 Å². The molecule has 18 heavy (non-hydrogen) atoms. The lowest BCUT2D eigenvalue weighted by Crippen LogP contribution is -2.25. The van der Waals surface area contributed by atoms with Crippen molar-refractivity contribution in [1.82, 2.24) is 5.32 Å². The Kier molecular flexibility index (Phi) is 6.01. The Morgan fingerprint density at radius 3 is 2.44 bits per heavy atom. The van der Waals surface area contributed by atoms with Crippen molar-refractivity contribution in [2.75, 3.05) is 13.2 Å². The molecule has 1 rings (SSSR count). The van der Waals surface area contributed by atoms with Gasteiger partial charge in [-0.15, -0.1) is 0 Å². The van der Waals surface area contributed by atoms with Crippen LogP contribution in [0.15, 0.2) is 29.2 Å². The Morgan fingerprint density at radius 1 is 1.33 bits per heavy atom. The molecule has 2 N–H and O–H groups in total.